The summed E-state index contributed by atoms with van der Waals surface area (Å²) in [7, 11) is 0. The van der Waals surface area contributed by atoms with Gasteiger partial charge in [-0.05, 0) is 32.8 Å². The molecule has 1 fully saturated rings. The van der Waals surface area contributed by atoms with Gasteiger partial charge in [-0.2, -0.15) is 0 Å². The van der Waals surface area contributed by atoms with Gasteiger partial charge in [0.15, 0.2) is 5.78 Å². The molecule has 1 aliphatic heterocycles. The zero-order valence-electron chi connectivity index (χ0n) is 15.4. The summed E-state index contributed by atoms with van der Waals surface area (Å²) in [6.07, 6.45) is 2.49. The molecule has 0 aromatic carbocycles. The van der Waals surface area contributed by atoms with Crippen LogP contribution in [0.25, 0.3) is 0 Å². The van der Waals surface area contributed by atoms with E-state index >= 15 is 0 Å². The molecule has 8 heteroatoms. The molecule has 0 aliphatic carbocycles. The minimum Gasteiger partial charge on any atom is -0.414 e. The number of hydrogen-bond donors (Lipinski definition) is 0. The lowest BCUT2D eigenvalue weighted by Crippen LogP contribution is -2.23. The number of hydrogen-bond acceptors (Lipinski definition) is 6. The molecular weight excluding hydrogens is 352 g/mol. The van der Waals surface area contributed by atoms with Crippen molar-refractivity contribution in [2.24, 2.45) is 0 Å². The Balaban J connectivity index is 1.58. The third-order valence-corrected chi connectivity index (χ3v) is 5.41. The highest BCUT2D eigenvalue weighted by atomic mass is 32.2. The number of carbonyl (C=O) groups is 2. The molecule has 140 valence electrons. The summed E-state index contributed by atoms with van der Waals surface area (Å²) in [5.74, 6) is 0.840. The molecule has 0 bridgehead atoms. The molecule has 0 saturated carbocycles. The molecule has 0 unspecified atom stereocenters. The first kappa shape index (κ1) is 18.7. The number of aromatic nitrogens is 3. The van der Waals surface area contributed by atoms with Crippen LogP contribution in [0.5, 0.6) is 0 Å². The van der Waals surface area contributed by atoms with Crippen molar-refractivity contribution in [3.05, 3.63) is 28.9 Å². The van der Waals surface area contributed by atoms with Crippen molar-refractivity contribution in [1.82, 2.24) is 19.7 Å². The Hall–Kier alpha value is -2.09. The molecule has 1 saturated heterocycles. The molecule has 26 heavy (non-hydrogen) atoms. The van der Waals surface area contributed by atoms with E-state index in [-0.39, 0.29) is 17.4 Å². The Bertz CT molecular complexity index is 811. The summed E-state index contributed by atoms with van der Waals surface area (Å²) in [4.78, 5) is 25.9. The second-order valence-corrected chi connectivity index (χ2v) is 7.46. The number of carbonyl (C=O) groups excluding carboxylic acids is 2. The monoisotopic (exact) mass is 376 g/mol. The molecule has 0 N–H and O–H groups in total. The van der Waals surface area contributed by atoms with Crippen LogP contribution in [0, 0.1) is 13.8 Å². The molecule has 1 aliphatic rings. The standard InChI is InChI=1S/C18H24N4O3S/c1-4-7-22-12(2)9-14(13(22)3)15(23)11-26-18-20-19-16(25-18)10-21-8-5-6-17(21)24/h9H,4-8,10-11H2,1-3H3. The predicted molar refractivity (Wildman–Crippen MR) is 98.2 cm³/mol. The number of amides is 1. The van der Waals surface area contributed by atoms with E-state index in [1.807, 2.05) is 19.9 Å². The van der Waals surface area contributed by atoms with Gasteiger partial charge in [-0.3, -0.25) is 9.59 Å². The van der Waals surface area contributed by atoms with E-state index in [9.17, 15) is 9.59 Å². The highest BCUT2D eigenvalue weighted by Gasteiger charge is 2.23. The lowest BCUT2D eigenvalue weighted by Gasteiger charge is -2.11. The summed E-state index contributed by atoms with van der Waals surface area (Å²) < 4.78 is 7.74. The van der Waals surface area contributed by atoms with Crippen LogP contribution >= 0.6 is 11.8 Å². The SMILES string of the molecule is CCCn1c(C)cc(C(=O)CSc2nnc(CN3CCCC3=O)o2)c1C. The fourth-order valence-electron chi connectivity index (χ4n) is 3.25. The fourth-order valence-corrected chi connectivity index (χ4v) is 3.91. The van der Waals surface area contributed by atoms with Gasteiger partial charge in [-0.15, -0.1) is 10.2 Å². The zero-order valence-corrected chi connectivity index (χ0v) is 16.3. The number of nitrogens with zero attached hydrogens (tertiary/aromatic N) is 4. The van der Waals surface area contributed by atoms with E-state index in [1.54, 1.807) is 4.90 Å². The maximum Gasteiger partial charge on any atom is 0.277 e. The van der Waals surface area contributed by atoms with E-state index in [1.165, 1.54) is 11.8 Å². The van der Waals surface area contributed by atoms with Gasteiger partial charge in [0.2, 0.25) is 11.8 Å². The van der Waals surface area contributed by atoms with Crippen molar-refractivity contribution in [3.8, 4) is 0 Å². The van der Waals surface area contributed by atoms with Crippen molar-refractivity contribution < 1.29 is 14.0 Å². The van der Waals surface area contributed by atoms with E-state index in [4.69, 9.17) is 4.42 Å². The molecule has 2 aromatic rings. The average Bonchev–Trinajstić information content (AvgIpc) is 3.30. The fraction of sp³-hybridized carbons (Fsp3) is 0.556. The molecular formula is C18H24N4O3S. The van der Waals surface area contributed by atoms with Crippen LogP contribution in [-0.4, -0.2) is 43.7 Å². The third-order valence-electron chi connectivity index (χ3n) is 4.59. The normalized spacial score (nSPS) is 14.4. The van der Waals surface area contributed by atoms with Crippen LogP contribution in [0.1, 0.15) is 53.8 Å². The molecule has 7 nitrogen and oxygen atoms in total. The third kappa shape index (κ3) is 4.00. The zero-order chi connectivity index (χ0) is 18.7. The van der Waals surface area contributed by atoms with Crippen molar-refractivity contribution in [1.29, 1.82) is 0 Å². The topological polar surface area (TPSA) is 81.2 Å². The predicted octanol–water partition coefficient (Wildman–Crippen LogP) is 3.00. The Morgan fingerprint density at radius 3 is 2.85 bits per heavy atom. The molecule has 1 amide bonds. The molecule has 2 aromatic heterocycles. The number of aryl methyl sites for hydroxylation is 1. The minimum atomic E-state index is 0.0555. The second-order valence-electron chi connectivity index (χ2n) is 6.53. The molecule has 3 rings (SSSR count). The van der Waals surface area contributed by atoms with Gasteiger partial charge in [0.25, 0.3) is 5.22 Å². The number of thioether (sulfide) groups is 1. The second kappa shape index (κ2) is 8.07. The summed E-state index contributed by atoms with van der Waals surface area (Å²) in [5.41, 5.74) is 2.87. The smallest absolute Gasteiger partial charge is 0.277 e. The van der Waals surface area contributed by atoms with Crippen molar-refractivity contribution in [2.75, 3.05) is 12.3 Å². The van der Waals surface area contributed by atoms with Crippen LogP contribution < -0.4 is 0 Å². The van der Waals surface area contributed by atoms with Crippen LogP contribution in [-0.2, 0) is 17.9 Å². The molecule has 0 atom stereocenters. The van der Waals surface area contributed by atoms with E-state index in [2.05, 4.69) is 21.7 Å². The number of likely N-dealkylation sites (tertiary alicyclic amines) is 1. The summed E-state index contributed by atoms with van der Waals surface area (Å²) in [6.45, 7) is 8.13. The molecule has 0 radical (unpaired) electrons. The number of rotatable bonds is 8. The highest BCUT2D eigenvalue weighted by molar-refractivity contribution is 7.99. The van der Waals surface area contributed by atoms with Gasteiger partial charge < -0.3 is 13.9 Å². The van der Waals surface area contributed by atoms with Crippen LogP contribution in [0.3, 0.4) is 0 Å². The maximum atomic E-state index is 12.6. The largest absolute Gasteiger partial charge is 0.414 e. The number of Topliss-reactive ketones (excluding diaryl/α,β-unsaturated/α-hetero) is 1. The van der Waals surface area contributed by atoms with E-state index in [0.29, 0.717) is 24.1 Å². The van der Waals surface area contributed by atoms with E-state index in [0.717, 1.165) is 42.9 Å². The van der Waals surface area contributed by atoms with Gasteiger partial charge in [0.05, 0.1) is 12.3 Å². The molecule has 3 heterocycles. The molecule has 0 spiro atoms. The average molecular weight is 376 g/mol. The number of ketones is 1. The van der Waals surface area contributed by atoms with Gasteiger partial charge >= 0.3 is 0 Å². The van der Waals surface area contributed by atoms with Gasteiger partial charge in [-0.25, -0.2) is 0 Å². The van der Waals surface area contributed by atoms with Crippen LogP contribution in [0.2, 0.25) is 0 Å². The maximum absolute atomic E-state index is 12.6. The van der Waals surface area contributed by atoms with Crippen molar-refractivity contribution in [2.45, 2.75) is 58.3 Å². The van der Waals surface area contributed by atoms with Gasteiger partial charge in [0, 0.05) is 36.5 Å². The van der Waals surface area contributed by atoms with Crippen LogP contribution in [0.4, 0.5) is 0 Å². The lowest BCUT2D eigenvalue weighted by molar-refractivity contribution is -0.128. The van der Waals surface area contributed by atoms with Crippen molar-refractivity contribution in [3.63, 3.8) is 0 Å². The first-order valence-electron chi connectivity index (χ1n) is 8.92. The Labute approximate surface area is 157 Å². The Kier molecular flexibility index (Phi) is 5.80. The van der Waals surface area contributed by atoms with Crippen LogP contribution in [0.15, 0.2) is 15.7 Å². The Morgan fingerprint density at radius 1 is 1.35 bits per heavy atom. The van der Waals surface area contributed by atoms with Crippen molar-refractivity contribution >= 4 is 23.5 Å². The quantitative estimate of drug-likeness (QED) is 0.520. The van der Waals surface area contributed by atoms with Gasteiger partial charge in [-0.1, -0.05) is 18.7 Å². The summed E-state index contributed by atoms with van der Waals surface area (Å²) in [5, 5.41) is 8.32. The summed E-state index contributed by atoms with van der Waals surface area (Å²) in [6, 6.07) is 1.95. The highest BCUT2D eigenvalue weighted by Crippen LogP contribution is 2.22. The summed E-state index contributed by atoms with van der Waals surface area (Å²) >= 11 is 1.24. The minimum absolute atomic E-state index is 0.0555. The van der Waals surface area contributed by atoms with E-state index < -0.39 is 0 Å². The lowest BCUT2D eigenvalue weighted by atomic mass is 10.2. The Morgan fingerprint density at radius 2 is 2.15 bits per heavy atom. The van der Waals surface area contributed by atoms with Gasteiger partial charge in [0.1, 0.15) is 0 Å². The first-order valence-corrected chi connectivity index (χ1v) is 9.91. The first-order chi connectivity index (χ1) is 12.5.